The van der Waals surface area contributed by atoms with Gasteiger partial charge in [0.1, 0.15) is 0 Å². The molecule has 1 aliphatic rings. The Morgan fingerprint density at radius 2 is 1.82 bits per heavy atom. The summed E-state index contributed by atoms with van der Waals surface area (Å²) < 4.78 is 10.7. The first-order valence-corrected chi connectivity index (χ1v) is 5.98. The van der Waals surface area contributed by atoms with Crippen LogP contribution in [0.3, 0.4) is 0 Å². The third-order valence-electron chi connectivity index (χ3n) is 3.85. The third kappa shape index (κ3) is 1.89. The van der Waals surface area contributed by atoms with Gasteiger partial charge in [-0.25, -0.2) is 0 Å². The molecule has 1 unspecified atom stereocenters. The Bertz CT molecular complexity index is 426. The lowest BCUT2D eigenvalue weighted by molar-refractivity contribution is 0.317. The highest BCUT2D eigenvalue weighted by atomic mass is 16.5. The molecule has 0 aliphatic heterocycles. The zero-order valence-electron chi connectivity index (χ0n) is 11.0. The molecule has 1 aliphatic carbocycles. The first-order chi connectivity index (χ1) is 8.03. The van der Waals surface area contributed by atoms with Crippen LogP contribution in [0.2, 0.25) is 0 Å². The lowest BCUT2D eigenvalue weighted by Crippen LogP contribution is -2.24. The Morgan fingerprint density at radius 3 is 2.35 bits per heavy atom. The smallest absolute Gasteiger partial charge is 0.161 e. The highest BCUT2D eigenvalue weighted by molar-refractivity contribution is 5.51. The number of rotatable bonds is 3. The Morgan fingerprint density at radius 1 is 1.24 bits per heavy atom. The van der Waals surface area contributed by atoms with Crippen LogP contribution in [0.25, 0.3) is 0 Å². The van der Waals surface area contributed by atoms with Crippen LogP contribution < -0.4 is 15.2 Å². The maximum atomic E-state index is 5.91. The van der Waals surface area contributed by atoms with Crippen LogP contribution in [-0.4, -0.2) is 20.8 Å². The number of benzene rings is 1. The average molecular weight is 235 g/mol. The Hall–Kier alpha value is -1.22. The SMILES string of the molecule is COc1cc2c(cc1OC)C(CN)C(C)(C)C2. The van der Waals surface area contributed by atoms with Crippen molar-refractivity contribution < 1.29 is 9.47 Å². The van der Waals surface area contributed by atoms with Crippen LogP contribution in [0, 0.1) is 5.41 Å². The van der Waals surface area contributed by atoms with Gasteiger partial charge in [0, 0.05) is 5.92 Å². The van der Waals surface area contributed by atoms with Gasteiger partial charge in [-0.2, -0.15) is 0 Å². The van der Waals surface area contributed by atoms with Crippen molar-refractivity contribution in [2.24, 2.45) is 11.1 Å². The Balaban J connectivity index is 2.52. The Labute approximate surface area is 103 Å². The minimum Gasteiger partial charge on any atom is -0.493 e. The molecule has 1 aromatic rings. The van der Waals surface area contributed by atoms with Crippen LogP contribution in [0.1, 0.15) is 30.9 Å². The summed E-state index contributed by atoms with van der Waals surface area (Å²) in [4.78, 5) is 0. The van der Waals surface area contributed by atoms with Crippen molar-refractivity contribution in [1.82, 2.24) is 0 Å². The molecule has 1 aromatic carbocycles. The van der Waals surface area contributed by atoms with Crippen molar-refractivity contribution in [3.63, 3.8) is 0 Å². The molecule has 94 valence electrons. The summed E-state index contributed by atoms with van der Waals surface area (Å²) in [6.07, 6.45) is 1.05. The number of methoxy groups -OCH3 is 2. The molecule has 0 saturated carbocycles. The van der Waals surface area contributed by atoms with Crippen LogP contribution >= 0.6 is 0 Å². The highest BCUT2D eigenvalue weighted by Crippen LogP contribution is 2.49. The molecule has 0 radical (unpaired) electrons. The summed E-state index contributed by atoms with van der Waals surface area (Å²) in [6.45, 7) is 5.21. The molecule has 3 nitrogen and oxygen atoms in total. The van der Waals surface area contributed by atoms with Crippen molar-refractivity contribution in [2.75, 3.05) is 20.8 Å². The zero-order chi connectivity index (χ0) is 12.6. The van der Waals surface area contributed by atoms with Gasteiger partial charge in [0.05, 0.1) is 14.2 Å². The number of ether oxygens (including phenoxy) is 2. The van der Waals surface area contributed by atoms with Crippen molar-refractivity contribution in [2.45, 2.75) is 26.2 Å². The fourth-order valence-corrected chi connectivity index (χ4v) is 2.90. The zero-order valence-corrected chi connectivity index (χ0v) is 11.0. The first kappa shape index (κ1) is 12.2. The lowest BCUT2D eigenvalue weighted by atomic mass is 9.80. The molecule has 0 bridgehead atoms. The fraction of sp³-hybridized carbons (Fsp3) is 0.571. The molecule has 0 saturated heterocycles. The van der Waals surface area contributed by atoms with Crippen LogP contribution in [0.5, 0.6) is 11.5 Å². The summed E-state index contributed by atoms with van der Waals surface area (Å²) >= 11 is 0. The van der Waals surface area contributed by atoms with E-state index in [-0.39, 0.29) is 5.41 Å². The summed E-state index contributed by atoms with van der Waals surface area (Å²) in [5.41, 5.74) is 8.78. The lowest BCUT2D eigenvalue weighted by Gasteiger charge is -2.26. The van der Waals surface area contributed by atoms with Crippen molar-refractivity contribution >= 4 is 0 Å². The normalized spacial score (nSPS) is 21.1. The van der Waals surface area contributed by atoms with Gasteiger partial charge in [-0.1, -0.05) is 13.8 Å². The van der Waals surface area contributed by atoms with Crippen molar-refractivity contribution in [3.8, 4) is 11.5 Å². The van der Waals surface area contributed by atoms with E-state index in [9.17, 15) is 0 Å². The first-order valence-electron chi connectivity index (χ1n) is 5.98. The van der Waals surface area contributed by atoms with E-state index in [1.807, 2.05) is 0 Å². The van der Waals surface area contributed by atoms with Gasteiger partial charge in [-0.3, -0.25) is 0 Å². The highest BCUT2D eigenvalue weighted by Gasteiger charge is 2.38. The standard InChI is InChI=1S/C14H21NO2/c1-14(2)7-9-5-12(16-3)13(17-4)6-10(9)11(14)8-15/h5-6,11H,7-8,15H2,1-4H3. The Kier molecular flexibility index (Phi) is 3.04. The molecule has 2 rings (SSSR count). The van der Waals surface area contributed by atoms with Gasteiger partial charge >= 0.3 is 0 Å². The molecule has 17 heavy (non-hydrogen) atoms. The van der Waals surface area contributed by atoms with E-state index in [1.165, 1.54) is 11.1 Å². The van der Waals surface area contributed by atoms with E-state index in [0.717, 1.165) is 17.9 Å². The third-order valence-corrected chi connectivity index (χ3v) is 3.85. The van der Waals surface area contributed by atoms with Crippen LogP contribution in [0.4, 0.5) is 0 Å². The minimum absolute atomic E-state index is 0.217. The summed E-state index contributed by atoms with van der Waals surface area (Å²) in [7, 11) is 3.34. The predicted octanol–water partition coefficient (Wildman–Crippen LogP) is 2.33. The fourth-order valence-electron chi connectivity index (χ4n) is 2.90. The molecule has 3 heteroatoms. The molecule has 0 heterocycles. The van der Waals surface area contributed by atoms with Gasteiger partial charge in [-0.15, -0.1) is 0 Å². The molecule has 0 fully saturated rings. The van der Waals surface area contributed by atoms with Crippen molar-refractivity contribution in [3.05, 3.63) is 23.3 Å². The van der Waals surface area contributed by atoms with E-state index < -0.39 is 0 Å². The second-order valence-corrected chi connectivity index (χ2v) is 5.36. The molecular formula is C14H21NO2. The molecule has 0 amide bonds. The summed E-state index contributed by atoms with van der Waals surface area (Å²) in [5.74, 6) is 2.00. The van der Waals surface area contributed by atoms with E-state index in [1.54, 1.807) is 14.2 Å². The quantitative estimate of drug-likeness (QED) is 0.874. The van der Waals surface area contributed by atoms with Crippen molar-refractivity contribution in [1.29, 1.82) is 0 Å². The van der Waals surface area contributed by atoms with Crippen LogP contribution in [0.15, 0.2) is 12.1 Å². The van der Waals surface area contributed by atoms with Gasteiger partial charge in [0.25, 0.3) is 0 Å². The van der Waals surface area contributed by atoms with Gasteiger partial charge in [-0.05, 0) is 41.6 Å². The van der Waals surface area contributed by atoms with Crippen LogP contribution in [-0.2, 0) is 6.42 Å². The number of fused-ring (bicyclic) bond motifs is 1. The number of nitrogens with two attached hydrogens (primary N) is 1. The molecule has 0 spiro atoms. The summed E-state index contributed by atoms with van der Waals surface area (Å²) in [6, 6.07) is 4.17. The van der Waals surface area contributed by atoms with E-state index in [2.05, 4.69) is 26.0 Å². The van der Waals surface area contributed by atoms with E-state index in [4.69, 9.17) is 15.2 Å². The summed E-state index contributed by atoms with van der Waals surface area (Å²) in [5, 5.41) is 0. The second kappa shape index (κ2) is 4.22. The van der Waals surface area contributed by atoms with Gasteiger partial charge in [0.2, 0.25) is 0 Å². The molecule has 1 atom stereocenters. The average Bonchev–Trinajstić information content (AvgIpc) is 2.55. The topological polar surface area (TPSA) is 44.5 Å². The number of hydrogen-bond acceptors (Lipinski definition) is 3. The van der Waals surface area contributed by atoms with Gasteiger partial charge < -0.3 is 15.2 Å². The molecular weight excluding hydrogens is 214 g/mol. The largest absolute Gasteiger partial charge is 0.493 e. The second-order valence-electron chi connectivity index (χ2n) is 5.36. The minimum atomic E-state index is 0.217. The van der Waals surface area contributed by atoms with Gasteiger partial charge in [0.15, 0.2) is 11.5 Å². The maximum absolute atomic E-state index is 5.91. The predicted molar refractivity (Wildman–Crippen MR) is 68.8 cm³/mol. The molecule has 0 aromatic heterocycles. The maximum Gasteiger partial charge on any atom is 0.161 e. The molecule has 2 N–H and O–H groups in total. The monoisotopic (exact) mass is 235 g/mol. The van der Waals surface area contributed by atoms with E-state index in [0.29, 0.717) is 12.5 Å². The number of hydrogen-bond donors (Lipinski definition) is 1. The van der Waals surface area contributed by atoms with E-state index >= 15 is 0 Å².